The normalized spacial score (nSPS) is 12.1. The lowest BCUT2D eigenvalue weighted by Gasteiger charge is -2.23. The van der Waals surface area contributed by atoms with Gasteiger partial charge in [0.15, 0.2) is 0 Å². The van der Waals surface area contributed by atoms with Gasteiger partial charge in [-0.2, -0.15) is 0 Å². The van der Waals surface area contributed by atoms with E-state index >= 15 is 0 Å². The Labute approximate surface area is 111 Å². The largest absolute Gasteiger partial charge is 0.375 e. The molecule has 18 heavy (non-hydrogen) atoms. The van der Waals surface area contributed by atoms with E-state index < -0.39 is 0 Å². The molecular weight excluding hydrogens is 224 g/mol. The van der Waals surface area contributed by atoms with Crippen LogP contribution >= 0.6 is 0 Å². The molecule has 3 heteroatoms. The van der Waals surface area contributed by atoms with Crippen molar-refractivity contribution in [2.24, 2.45) is 5.73 Å². The summed E-state index contributed by atoms with van der Waals surface area (Å²) in [7, 11) is 2.11. The molecule has 0 unspecified atom stereocenters. The van der Waals surface area contributed by atoms with E-state index in [1.54, 1.807) is 0 Å². The number of nitrogens with zero attached hydrogens (tertiary/aromatic N) is 1. The molecule has 0 amide bonds. The summed E-state index contributed by atoms with van der Waals surface area (Å²) in [4.78, 5) is 2.26. The van der Waals surface area contributed by atoms with Gasteiger partial charge in [0.1, 0.15) is 0 Å². The van der Waals surface area contributed by atoms with Gasteiger partial charge in [0, 0.05) is 19.6 Å². The Morgan fingerprint density at radius 3 is 2.33 bits per heavy atom. The summed E-state index contributed by atoms with van der Waals surface area (Å²) in [6.07, 6.45) is 0. The molecule has 2 N–H and O–H groups in total. The van der Waals surface area contributed by atoms with E-state index in [1.165, 1.54) is 11.1 Å². The van der Waals surface area contributed by atoms with Gasteiger partial charge in [0.05, 0.1) is 12.2 Å². The van der Waals surface area contributed by atoms with E-state index in [0.717, 1.165) is 19.7 Å². The predicted octanol–water partition coefficient (Wildman–Crippen LogP) is 2.39. The van der Waals surface area contributed by atoms with Gasteiger partial charge in [-0.25, -0.2) is 0 Å². The number of nitrogens with two attached hydrogens (primary N) is 1. The van der Waals surface area contributed by atoms with Gasteiger partial charge in [-0.3, -0.25) is 4.90 Å². The van der Waals surface area contributed by atoms with E-state index in [2.05, 4.69) is 50.9 Å². The molecule has 0 bridgehead atoms. The summed E-state index contributed by atoms with van der Waals surface area (Å²) < 4.78 is 5.73. The van der Waals surface area contributed by atoms with Crippen molar-refractivity contribution in [1.29, 1.82) is 0 Å². The molecule has 0 spiro atoms. The van der Waals surface area contributed by atoms with Gasteiger partial charge in [-0.05, 0) is 38.9 Å². The average molecular weight is 250 g/mol. The van der Waals surface area contributed by atoms with Gasteiger partial charge in [-0.1, -0.05) is 24.3 Å². The minimum absolute atomic E-state index is 0.0595. The highest BCUT2D eigenvalue weighted by Gasteiger charge is 2.10. The molecule has 0 saturated heterocycles. The summed E-state index contributed by atoms with van der Waals surface area (Å²) in [6, 6.07) is 8.33. The number of ether oxygens (including phenoxy) is 1. The molecule has 0 atom stereocenters. The molecule has 0 aromatic heterocycles. The van der Waals surface area contributed by atoms with Gasteiger partial charge in [0.25, 0.3) is 0 Å². The molecule has 0 aliphatic carbocycles. The van der Waals surface area contributed by atoms with Gasteiger partial charge < -0.3 is 10.5 Å². The van der Waals surface area contributed by atoms with Crippen molar-refractivity contribution in [2.45, 2.75) is 39.5 Å². The minimum Gasteiger partial charge on any atom is -0.375 e. The Balaban J connectivity index is 2.42. The van der Waals surface area contributed by atoms with Crippen molar-refractivity contribution in [2.75, 3.05) is 20.2 Å². The first kappa shape index (κ1) is 15.2. The van der Waals surface area contributed by atoms with Crippen LogP contribution in [0.15, 0.2) is 24.3 Å². The third kappa shape index (κ3) is 5.63. The molecule has 0 heterocycles. The highest BCUT2D eigenvalue weighted by molar-refractivity contribution is 5.26. The summed E-state index contributed by atoms with van der Waals surface area (Å²) in [5.41, 5.74) is 8.21. The highest BCUT2D eigenvalue weighted by Crippen LogP contribution is 2.11. The lowest BCUT2D eigenvalue weighted by Crippen LogP contribution is -2.28. The number of hydrogen-bond donors (Lipinski definition) is 1. The minimum atomic E-state index is -0.0595. The Hall–Kier alpha value is -0.900. The number of rotatable bonds is 6. The lowest BCUT2D eigenvalue weighted by atomic mass is 10.1. The molecule has 1 rings (SSSR count). The maximum Gasteiger partial charge on any atom is 0.0600 e. The summed E-state index contributed by atoms with van der Waals surface area (Å²) in [5.74, 6) is 0. The summed E-state index contributed by atoms with van der Waals surface area (Å²) in [6.45, 7) is 9.44. The number of likely N-dealkylation sites (N-methyl/N-ethyl adjacent to an activating group) is 1. The topological polar surface area (TPSA) is 38.5 Å². The molecule has 0 saturated carbocycles. The average Bonchev–Trinajstić information content (AvgIpc) is 2.28. The van der Waals surface area contributed by atoms with Crippen molar-refractivity contribution in [3.63, 3.8) is 0 Å². The van der Waals surface area contributed by atoms with Crippen LogP contribution in [-0.4, -0.2) is 30.7 Å². The van der Waals surface area contributed by atoms with Crippen molar-refractivity contribution in [3.05, 3.63) is 35.4 Å². The second kappa shape index (κ2) is 6.88. The first-order valence-corrected chi connectivity index (χ1v) is 6.52. The second-order valence-electron chi connectivity index (χ2n) is 5.67. The molecule has 3 nitrogen and oxygen atoms in total. The molecule has 0 fully saturated rings. The van der Waals surface area contributed by atoms with Crippen LogP contribution in [0.4, 0.5) is 0 Å². The summed E-state index contributed by atoms with van der Waals surface area (Å²) >= 11 is 0. The quantitative estimate of drug-likeness (QED) is 0.842. The molecule has 0 aliphatic rings. The third-order valence-corrected chi connectivity index (χ3v) is 2.79. The van der Waals surface area contributed by atoms with Crippen LogP contribution in [0.1, 0.15) is 31.9 Å². The van der Waals surface area contributed by atoms with Crippen LogP contribution in [-0.2, 0) is 17.8 Å². The Morgan fingerprint density at radius 1 is 1.17 bits per heavy atom. The van der Waals surface area contributed by atoms with Crippen LogP contribution in [0.5, 0.6) is 0 Å². The summed E-state index contributed by atoms with van der Waals surface area (Å²) in [5, 5.41) is 0. The molecule has 102 valence electrons. The fraction of sp³-hybridized carbons (Fsp3) is 0.600. The van der Waals surface area contributed by atoms with Crippen molar-refractivity contribution < 1.29 is 4.74 Å². The smallest absolute Gasteiger partial charge is 0.0600 e. The Bertz CT molecular complexity index is 358. The standard InChI is InChI=1S/C15H26N2O/c1-15(2,3)18-10-9-17(4)12-14-8-6-5-7-13(14)11-16/h5-8H,9-12,16H2,1-4H3. The first-order valence-electron chi connectivity index (χ1n) is 6.52. The van der Waals surface area contributed by atoms with Crippen LogP contribution in [0.25, 0.3) is 0 Å². The second-order valence-corrected chi connectivity index (χ2v) is 5.67. The van der Waals surface area contributed by atoms with E-state index in [1.807, 2.05) is 6.07 Å². The number of benzene rings is 1. The SMILES string of the molecule is CN(CCOC(C)(C)C)Cc1ccccc1CN. The van der Waals surface area contributed by atoms with E-state index in [4.69, 9.17) is 10.5 Å². The zero-order valence-corrected chi connectivity index (χ0v) is 12.1. The molecule has 0 aliphatic heterocycles. The fourth-order valence-electron chi connectivity index (χ4n) is 1.79. The van der Waals surface area contributed by atoms with Gasteiger partial charge in [-0.15, -0.1) is 0 Å². The van der Waals surface area contributed by atoms with Crippen LogP contribution < -0.4 is 5.73 Å². The van der Waals surface area contributed by atoms with E-state index in [9.17, 15) is 0 Å². The van der Waals surface area contributed by atoms with Gasteiger partial charge in [0.2, 0.25) is 0 Å². The zero-order chi connectivity index (χ0) is 13.6. The Morgan fingerprint density at radius 2 is 1.78 bits per heavy atom. The lowest BCUT2D eigenvalue weighted by molar-refractivity contribution is -0.0113. The van der Waals surface area contributed by atoms with Crippen molar-refractivity contribution in [1.82, 2.24) is 4.90 Å². The maximum absolute atomic E-state index is 5.74. The molecule has 1 aromatic rings. The van der Waals surface area contributed by atoms with Gasteiger partial charge >= 0.3 is 0 Å². The van der Waals surface area contributed by atoms with E-state index in [0.29, 0.717) is 6.54 Å². The first-order chi connectivity index (χ1) is 8.42. The van der Waals surface area contributed by atoms with Crippen LogP contribution in [0.3, 0.4) is 0 Å². The van der Waals surface area contributed by atoms with Crippen molar-refractivity contribution >= 4 is 0 Å². The number of hydrogen-bond acceptors (Lipinski definition) is 3. The zero-order valence-electron chi connectivity index (χ0n) is 12.1. The predicted molar refractivity (Wildman–Crippen MR) is 76.4 cm³/mol. The molecule has 1 aromatic carbocycles. The molecular formula is C15H26N2O. The highest BCUT2D eigenvalue weighted by atomic mass is 16.5. The van der Waals surface area contributed by atoms with Crippen LogP contribution in [0.2, 0.25) is 0 Å². The molecule has 0 radical (unpaired) electrons. The monoisotopic (exact) mass is 250 g/mol. The Kier molecular flexibility index (Phi) is 5.79. The van der Waals surface area contributed by atoms with E-state index in [-0.39, 0.29) is 5.60 Å². The van der Waals surface area contributed by atoms with Crippen LogP contribution in [0, 0.1) is 0 Å². The van der Waals surface area contributed by atoms with Crippen molar-refractivity contribution in [3.8, 4) is 0 Å². The third-order valence-electron chi connectivity index (χ3n) is 2.79. The fourth-order valence-corrected chi connectivity index (χ4v) is 1.79. The maximum atomic E-state index is 5.74.